The molecule has 3 heterocycles. The number of pyridine rings is 3. The monoisotopic (exact) mass is 342 g/mol. The van der Waals surface area contributed by atoms with Crippen LogP contribution in [0.2, 0.25) is 0 Å². The summed E-state index contributed by atoms with van der Waals surface area (Å²) in [5.74, 6) is 0.177. The van der Waals surface area contributed by atoms with Crippen molar-refractivity contribution in [2.45, 2.75) is 13.0 Å². The molecule has 0 aliphatic rings. The molecule has 2 N–H and O–H groups in total. The van der Waals surface area contributed by atoms with Gasteiger partial charge in [0.1, 0.15) is 11.3 Å². The molecule has 4 aromatic rings. The number of benzene rings is 1. The molecule has 1 aromatic carbocycles. The number of phenols is 1. The van der Waals surface area contributed by atoms with E-state index in [2.05, 4.69) is 20.3 Å². The van der Waals surface area contributed by atoms with Crippen molar-refractivity contribution in [3.05, 3.63) is 90.1 Å². The fourth-order valence-electron chi connectivity index (χ4n) is 3.02. The lowest BCUT2D eigenvalue weighted by Crippen LogP contribution is -2.13. The Hall–Kier alpha value is -3.47. The van der Waals surface area contributed by atoms with Gasteiger partial charge in [0.2, 0.25) is 0 Å². The van der Waals surface area contributed by atoms with Gasteiger partial charge in [-0.05, 0) is 36.8 Å². The average Bonchev–Trinajstić information content (AvgIpc) is 2.69. The summed E-state index contributed by atoms with van der Waals surface area (Å²) in [4.78, 5) is 12.9. The second-order valence-electron chi connectivity index (χ2n) is 6.13. The highest BCUT2D eigenvalue weighted by atomic mass is 16.3. The van der Waals surface area contributed by atoms with Crippen LogP contribution in [0.5, 0.6) is 5.75 Å². The summed E-state index contributed by atoms with van der Waals surface area (Å²) in [6.45, 7) is 1.91. The van der Waals surface area contributed by atoms with Gasteiger partial charge >= 0.3 is 0 Å². The number of aromatic hydroxyl groups is 1. The first-order valence-corrected chi connectivity index (χ1v) is 8.38. The van der Waals surface area contributed by atoms with E-state index in [0.29, 0.717) is 5.52 Å². The minimum absolute atomic E-state index is 0.177. The van der Waals surface area contributed by atoms with E-state index < -0.39 is 0 Å². The molecule has 0 fully saturated rings. The predicted octanol–water partition coefficient (Wildman–Crippen LogP) is 4.24. The Balaban J connectivity index is 1.86. The summed E-state index contributed by atoms with van der Waals surface area (Å²) in [5, 5.41) is 15.3. The van der Waals surface area contributed by atoms with E-state index in [9.17, 15) is 5.11 Å². The molecule has 1 unspecified atom stereocenters. The summed E-state index contributed by atoms with van der Waals surface area (Å²) in [7, 11) is 0. The van der Waals surface area contributed by atoms with Crippen LogP contribution in [0.15, 0.2) is 73.3 Å². The van der Waals surface area contributed by atoms with Gasteiger partial charge in [-0.3, -0.25) is 9.97 Å². The van der Waals surface area contributed by atoms with E-state index >= 15 is 0 Å². The Labute approximate surface area is 151 Å². The SMILES string of the molecule is Cc1ccc2ccc(C(Nc3cccnc3)c3cccnc3)c(O)c2n1. The van der Waals surface area contributed by atoms with Gasteiger partial charge in [0.25, 0.3) is 0 Å². The lowest BCUT2D eigenvalue weighted by molar-refractivity contribution is 0.471. The lowest BCUT2D eigenvalue weighted by atomic mass is 9.97. The molecule has 0 aliphatic carbocycles. The third-order valence-corrected chi connectivity index (χ3v) is 4.31. The quantitative estimate of drug-likeness (QED) is 0.580. The molecule has 1 atom stereocenters. The molecule has 0 aliphatic heterocycles. The van der Waals surface area contributed by atoms with Crippen molar-refractivity contribution >= 4 is 16.6 Å². The summed E-state index contributed by atoms with van der Waals surface area (Å²) in [6.07, 6.45) is 7.01. The van der Waals surface area contributed by atoms with Crippen LogP contribution in [0, 0.1) is 6.92 Å². The van der Waals surface area contributed by atoms with Gasteiger partial charge in [-0.25, -0.2) is 4.98 Å². The van der Waals surface area contributed by atoms with E-state index in [1.165, 1.54) is 0 Å². The van der Waals surface area contributed by atoms with Crippen molar-refractivity contribution in [1.82, 2.24) is 15.0 Å². The van der Waals surface area contributed by atoms with Crippen molar-refractivity contribution in [3.8, 4) is 5.75 Å². The van der Waals surface area contributed by atoms with Crippen molar-refractivity contribution in [2.75, 3.05) is 5.32 Å². The molecule has 4 rings (SSSR count). The van der Waals surface area contributed by atoms with Gasteiger partial charge in [-0.2, -0.15) is 0 Å². The molecule has 0 radical (unpaired) electrons. The largest absolute Gasteiger partial charge is 0.505 e. The van der Waals surface area contributed by atoms with Gasteiger partial charge < -0.3 is 10.4 Å². The molecule has 5 heteroatoms. The molecule has 3 aromatic heterocycles. The van der Waals surface area contributed by atoms with Gasteiger partial charge in [0.05, 0.1) is 11.7 Å². The van der Waals surface area contributed by atoms with Gasteiger partial charge in [0.15, 0.2) is 0 Å². The molecule has 0 spiro atoms. The molecular formula is C21H18N4O. The number of aryl methyl sites for hydroxylation is 1. The van der Waals surface area contributed by atoms with Crippen molar-refractivity contribution in [3.63, 3.8) is 0 Å². The third-order valence-electron chi connectivity index (χ3n) is 4.31. The number of hydrogen-bond acceptors (Lipinski definition) is 5. The van der Waals surface area contributed by atoms with E-state index in [-0.39, 0.29) is 11.8 Å². The Morgan fingerprint density at radius 1 is 0.923 bits per heavy atom. The number of aromatic nitrogens is 3. The molecule has 0 bridgehead atoms. The number of rotatable bonds is 4. The zero-order valence-electron chi connectivity index (χ0n) is 14.3. The van der Waals surface area contributed by atoms with Crippen molar-refractivity contribution in [2.24, 2.45) is 0 Å². The molecular weight excluding hydrogens is 324 g/mol. The maximum atomic E-state index is 10.9. The van der Waals surface area contributed by atoms with E-state index in [1.54, 1.807) is 24.8 Å². The number of fused-ring (bicyclic) bond motifs is 1. The van der Waals surface area contributed by atoms with Crippen LogP contribution >= 0.6 is 0 Å². The van der Waals surface area contributed by atoms with Gasteiger partial charge in [-0.1, -0.05) is 24.3 Å². The highest BCUT2D eigenvalue weighted by Crippen LogP contribution is 2.36. The van der Waals surface area contributed by atoms with Gasteiger partial charge in [-0.15, -0.1) is 0 Å². The Morgan fingerprint density at radius 2 is 1.69 bits per heavy atom. The number of nitrogens with one attached hydrogen (secondary N) is 1. The van der Waals surface area contributed by atoms with Crippen LogP contribution in [0.3, 0.4) is 0 Å². The standard InChI is InChI=1S/C21H18N4O/c1-14-6-7-15-8-9-18(21(26)20(15)24-14)19(16-4-2-10-22-12-16)25-17-5-3-11-23-13-17/h2-13,19,25-26H,1H3. The van der Waals surface area contributed by atoms with E-state index in [4.69, 9.17) is 0 Å². The van der Waals surface area contributed by atoms with Gasteiger partial charge in [0, 0.05) is 41.4 Å². The van der Waals surface area contributed by atoms with Crippen LogP contribution in [0.4, 0.5) is 5.69 Å². The summed E-state index contributed by atoms with van der Waals surface area (Å²) in [5.41, 5.74) is 4.01. The topological polar surface area (TPSA) is 70.9 Å². The fourth-order valence-corrected chi connectivity index (χ4v) is 3.02. The van der Waals surface area contributed by atoms with Crippen LogP contribution in [0.25, 0.3) is 10.9 Å². The number of anilines is 1. The van der Waals surface area contributed by atoms with Crippen LogP contribution in [-0.4, -0.2) is 20.1 Å². The predicted molar refractivity (Wildman–Crippen MR) is 102 cm³/mol. The fraction of sp³-hybridized carbons (Fsp3) is 0.0952. The normalized spacial score (nSPS) is 12.0. The first kappa shape index (κ1) is 16.0. The molecule has 26 heavy (non-hydrogen) atoms. The first-order valence-electron chi connectivity index (χ1n) is 8.38. The molecule has 0 saturated carbocycles. The maximum Gasteiger partial charge on any atom is 0.147 e. The van der Waals surface area contributed by atoms with Crippen molar-refractivity contribution in [1.29, 1.82) is 0 Å². The second kappa shape index (κ2) is 6.80. The molecule has 0 amide bonds. The Bertz CT molecular complexity index is 1040. The smallest absolute Gasteiger partial charge is 0.147 e. The lowest BCUT2D eigenvalue weighted by Gasteiger charge is -2.22. The highest BCUT2D eigenvalue weighted by Gasteiger charge is 2.20. The second-order valence-corrected chi connectivity index (χ2v) is 6.13. The van der Waals surface area contributed by atoms with Crippen LogP contribution in [0.1, 0.15) is 22.9 Å². The van der Waals surface area contributed by atoms with Crippen LogP contribution in [-0.2, 0) is 0 Å². The summed E-state index contributed by atoms with van der Waals surface area (Å²) < 4.78 is 0. The Morgan fingerprint density at radius 3 is 2.42 bits per heavy atom. The third kappa shape index (κ3) is 3.07. The molecule has 5 nitrogen and oxygen atoms in total. The summed E-state index contributed by atoms with van der Waals surface area (Å²) in [6, 6.07) is 15.2. The number of nitrogens with zero attached hydrogens (tertiary/aromatic N) is 3. The molecule has 0 saturated heterocycles. The van der Waals surface area contributed by atoms with E-state index in [1.807, 2.05) is 55.5 Å². The van der Waals surface area contributed by atoms with Crippen LogP contribution < -0.4 is 5.32 Å². The zero-order chi connectivity index (χ0) is 17.9. The maximum absolute atomic E-state index is 10.9. The van der Waals surface area contributed by atoms with Crippen molar-refractivity contribution < 1.29 is 5.11 Å². The number of hydrogen-bond donors (Lipinski definition) is 2. The Kier molecular flexibility index (Phi) is 4.19. The first-order chi connectivity index (χ1) is 12.7. The zero-order valence-corrected chi connectivity index (χ0v) is 14.3. The average molecular weight is 342 g/mol. The highest BCUT2D eigenvalue weighted by molar-refractivity contribution is 5.86. The summed E-state index contributed by atoms with van der Waals surface area (Å²) >= 11 is 0. The molecule has 128 valence electrons. The number of phenolic OH excluding ortho intramolecular Hbond substituents is 1. The minimum Gasteiger partial charge on any atom is -0.505 e. The minimum atomic E-state index is -0.278. The van der Waals surface area contributed by atoms with E-state index in [0.717, 1.165) is 27.9 Å².